The molecule has 31 heavy (non-hydrogen) atoms. The zero-order chi connectivity index (χ0) is 21.4. The van der Waals surface area contributed by atoms with E-state index in [4.69, 9.17) is 0 Å². The van der Waals surface area contributed by atoms with Crippen molar-refractivity contribution in [2.24, 2.45) is 11.8 Å². The summed E-state index contributed by atoms with van der Waals surface area (Å²) in [6, 6.07) is 16.5. The molecule has 0 radical (unpaired) electrons. The Morgan fingerprint density at radius 3 is 2.58 bits per heavy atom. The molecular weight excluding hydrogens is 454 g/mol. The Hall–Kier alpha value is -2.18. The minimum Gasteiger partial charge on any atom is -0.339 e. The van der Waals surface area contributed by atoms with Crippen molar-refractivity contribution < 1.29 is 9.59 Å². The number of benzene rings is 2. The number of rotatable bonds is 6. The van der Waals surface area contributed by atoms with Crippen LogP contribution in [0.3, 0.4) is 0 Å². The van der Waals surface area contributed by atoms with E-state index in [9.17, 15) is 9.59 Å². The minimum absolute atomic E-state index is 0.0675. The van der Waals surface area contributed by atoms with Crippen LogP contribution in [0.5, 0.6) is 0 Å². The Labute approximate surface area is 191 Å². The molecule has 162 valence electrons. The van der Waals surface area contributed by atoms with Gasteiger partial charge in [0.05, 0.1) is 5.92 Å². The monoisotopic (exact) mass is 481 g/mol. The van der Waals surface area contributed by atoms with E-state index in [2.05, 4.69) is 49.7 Å². The molecule has 1 saturated carbocycles. The Kier molecular flexibility index (Phi) is 5.85. The van der Waals surface area contributed by atoms with Crippen molar-refractivity contribution in [1.82, 2.24) is 10.2 Å². The molecule has 1 aliphatic carbocycles. The summed E-state index contributed by atoms with van der Waals surface area (Å²) in [6.45, 7) is 2.69. The van der Waals surface area contributed by atoms with Crippen molar-refractivity contribution >= 4 is 33.4 Å². The number of carbonyl (C=O) groups is 2. The fourth-order valence-corrected chi connectivity index (χ4v) is 5.52. The summed E-state index contributed by atoms with van der Waals surface area (Å²) in [4.78, 5) is 28.1. The third kappa shape index (κ3) is 4.41. The van der Waals surface area contributed by atoms with Gasteiger partial charge < -0.3 is 15.5 Å². The number of hydrogen-bond donors (Lipinski definition) is 2. The second kappa shape index (κ2) is 8.75. The summed E-state index contributed by atoms with van der Waals surface area (Å²) in [5, 5.41) is 6.47. The molecule has 2 N–H and O–H groups in total. The van der Waals surface area contributed by atoms with Gasteiger partial charge in [0.1, 0.15) is 0 Å². The van der Waals surface area contributed by atoms with Gasteiger partial charge in [-0.25, -0.2) is 0 Å². The fourth-order valence-electron chi connectivity index (χ4n) is 5.08. The number of hydrogen-bond acceptors (Lipinski definition) is 3. The van der Waals surface area contributed by atoms with Gasteiger partial charge in [-0.3, -0.25) is 9.59 Å². The molecule has 0 spiro atoms. The van der Waals surface area contributed by atoms with E-state index in [1.807, 2.05) is 30.3 Å². The fraction of sp³-hybridized carbons (Fsp3) is 0.440. The van der Waals surface area contributed by atoms with Crippen LogP contribution in [0.1, 0.15) is 36.3 Å². The van der Waals surface area contributed by atoms with Gasteiger partial charge in [-0.2, -0.15) is 0 Å². The molecule has 2 aliphatic heterocycles. The second-order valence-corrected chi connectivity index (χ2v) is 9.94. The molecule has 2 fully saturated rings. The van der Waals surface area contributed by atoms with Crippen molar-refractivity contribution in [3.05, 3.63) is 64.1 Å². The van der Waals surface area contributed by atoms with Crippen molar-refractivity contribution in [3.8, 4) is 0 Å². The summed E-state index contributed by atoms with van der Waals surface area (Å²) < 4.78 is 1.15. The molecule has 6 heteroatoms. The van der Waals surface area contributed by atoms with Crippen LogP contribution in [0.25, 0.3) is 0 Å². The smallest absolute Gasteiger partial charge is 0.230 e. The maximum atomic E-state index is 13.7. The minimum atomic E-state index is -0.373. The Bertz CT molecular complexity index is 990. The van der Waals surface area contributed by atoms with E-state index in [1.54, 1.807) is 0 Å². The lowest BCUT2D eigenvalue weighted by Crippen LogP contribution is -2.43. The molecule has 2 aromatic carbocycles. The van der Waals surface area contributed by atoms with E-state index < -0.39 is 0 Å². The molecule has 0 unspecified atom stereocenters. The summed E-state index contributed by atoms with van der Waals surface area (Å²) in [5.41, 5.74) is 3.05. The number of carbonyl (C=O) groups excluding carboxylic acids is 2. The van der Waals surface area contributed by atoms with Crippen molar-refractivity contribution in [2.45, 2.75) is 37.6 Å². The van der Waals surface area contributed by atoms with Crippen molar-refractivity contribution in [3.63, 3.8) is 0 Å². The van der Waals surface area contributed by atoms with E-state index in [0.717, 1.165) is 54.6 Å². The van der Waals surface area contributed by atoms with Gasteiger partial charge in [0.15, 0.2) is 0 Å². The van der Waals surface area contributed by atoms with Gasteiger partial charge in [0, 0.05) is 29.2 Å². The van der Waals surface area contributed by atoms with Crippen molar-refractivity contribution in [1.29, 1.82) is 0 Å². The first kappa shape index (κ1) is 20.7. The van der Waals surface area contributed by atoms with Gasteiger partial charge in [-0.15, -0.1) is 0 Å². The number of para-hydroxylation sites is 1. The standard InChI is InChI=1S/C25H28BrN3O2/c26-22-7-3-1-5-16(22)11-17-13-27-14-18(17)15-29(19-9-10-19)25(31)21-12-24(30)28-23-8-4-2-6-20(21)23/h1-8,17-19,21,27H,9-15H2,(H,28,30)/t17-,18+,21+/m1/s1. The van der Waals surface area contributed by atoms with Crippen LogP contribution in [0.4, 0.5) is 5.69 Å². The first-order valence-electron chi connectivity index (χ1n) is 11.2. The molecule has 1 saturated heterocycles. The lowest BCUT2D eigenvalue weighted by Gasteiger charge is -2.33. The summed E-state index contributed by atoms with van der Waals surface area (Å²) in [5.74, 6) is 0.596. The second-order valence-electron chi connectivity index (χ2n) is 9.09. The van der Waals surface area contributed by atoms with Crippen LogP contribution in [0, 0.1) is 11.8 Å². The zero-order valence-corrected chi connectivity index (χ0v) is 19.1. The average molecular weight is 482 g/mol. The zero-order valence-electron chi connectivity index (χ0n) is 17.5. The molecule has 2 heterocycles. The molecule has 3 aliphatic rings. The van der Waals surface area contributed by atoms with E-state index >= 15 is 0 Å². The van der Waals surface area contributed by atoms with Gasteiger partial charge in [-0.05, 0) is 67.4 Å². The van der Waals surface area contributed by atoms with Gasteiger partial charge in [0.25, 0.3) is 0 Å². The first-order chi connectivity index (χ1) is 15.1. The maximum absolute atomic E-state index is 13.7. The normalized spacial score (nSPS) is 25.1. The van der Waals surface area contributed by atoms with Crippen LogP contribution >= 0.6 is 15.9 Å². The molecule has 0 aromatic heterocycles. The number of fused-ring (bicyclic) bond motifs is 1. The SMILES string of the molecule is O=C1C[C@H](C(=O)N(C[C@@H]2CNC[C@H]2Cc2ccccc2Br)C2CC2)c2ccccc2N1. The molecule has 3 atom stereocenters. The number of nitrogens with zero attached hydrogens (tertiary/aromatic N) is 1. The largest absolute Gasteiger partial charge is 0.339 e. The molecule has 5 nitrogen and oxygen atoms in total. The first-order valence-corrected chi connectivity index (χ1v) is 12.0. The molecule has 2 amide bonds. The van der Waals surface area contributed by atoms with Crippen LogP contribution in [0.2, 0.25) is 0 Å². The Morgan fingerprint density at radius 2 is 1.77 bits per heavy atom. The summed E-state index contributed by atoms with van der Waals surface area (Å²) in [7, 11) is 0. The third-order valence-electron chi connectivity index (χ3n) is 6.92. The lowest BCUT2D eigenvalue weighted by molar-refractivity contribution is -0.136. The highest BCUT2D eigenvalue weighted by molar-refractivity contribution is 9.10. The number of halogens is 1. The van der Waals surface area contributed by atoms with Gasteiger partial charge in [0.2, 0.25) is 11.8 Å². The highest BCUT2D eigenvalue weighted by Gasteiger charge is 2.41. The van der Waals surface area contributed by atoms with Crippen LogP contribution in [-0.4, -0.2) is 42.4 Å². The predicted octanol–water partition coefficient (Wildman–Crippen LogP) is 3.94. The Balaban J connectivity index is 1.34. The number of anilines is 1. The van der Waals surface area contributed by atoms with Gasteiger partial charge in [-0.1, -0.05) is 52.3 Å². The average Bonchev–Trinajstić information content (AvgIpc) is 3.52. The quantitative estimate of drug-likeness (QED) is 0.656. The third-order valence-corrected chi connectivity index (χ3v) is 7.69. The van der Waals surface area contributed by atoms with E-state index in [0.29, 0.717) is 17.9 Å². The van der Waals surface area contributed by atoms with Crippen LogP contribution < -0.4 is 10.6 Å². The Morgan fingerprint density at radius 1 is 1.03 bits per heavy atom. The van der Waals surface area contributed by atoms with Crippen LogP contribution in [-0.2, 0) is 16.0 Å². The summed E-state index contributed by atoms with van der Waals surface area (Å²) >= 11 is 3.68. The molecular formula is C25H28BrN3O2. The van der Waals surface area contributed by atoms with E-state index in [1.165, 1.54) is 5.56 Å². The lowest BCUT2D eigenvalue weighted by atomic mass is 9.87. The molecule has 2 aromatic rings. The topological polar surface area (TPSA) is 61.4 Å². The van der Waals surface area contributed by atoms with Crippen LogP contribution in [0.15, 0.2) is 53.0 Å². The maximum Gasteiger partial charge on any atom is 0.230 e. The molecule has 0 bridgehead atoms. The van der Waals surface area contributed by atoms with E-state index in [-0.39, 0.29) is 24.2 Å². The number of nitrogens with one attached hydrogen (secondary N) is 2. The highest BCUT2D eigenvalue weighted by atomic mass is 79.9. The summed E-state index contributed by atoms with van der Waals surface area (Å²) in [6.07, 6.45) is 3.38. The molecule has 5 rings (SSSR count). The van der Waals surface area contributed by atoms with Crippen molar-refractivity contribution in [2.75, 3.05) is 25.0 Å². The highest BCUT2D eigenvalue weighted by Crippen LogP contribution is 2.38. The number of amides is 2. The van der Waals surface area contributed by atoms with Gasteiger partial charge >= 0.3 is 0 Å². The predicted molar refractivity (Wildman–Crippen MR) is 125 cm³/mol.